The molecule has 0 saturated heterocycles. The Morgan fingerprint density at radius 1 is 1.06 bits per heavy atom. The van der Waals surface area contributed by atoms with Gasteiger partial charge in [-0.3, -0.25) is 0 Å². The van der Waals surface area contributed by atoms with E-state index in [0.29, 0.717) is 0 Å². The molecule has 0 saturated carbocycles. The van der Waals surface area contributed by atoms with Crippen LogP contribution in [0, 0.1) is 20.8 Å². The van der Waals surface area contributed by atoms with Crippen molar-refractivity contribution in [1.82, 2.24) is 0 Å². The highest BCUT2D eigenvalue weighted by Crippen LogP contribution is 2.30. The molecule has 1 aromatic heterocycles. The van der Waals surface area contributed by atoms with Crippen LogP contribution in [0.5, 0.6) is 0 Å². The molecular weight excluding hydrogens is 200 g/mol. The Balaban J connectivity index is 2.55. The normalized spacial score (nSPS) is 13.1. The lowest BCUT2D eigenvalue weighted by molar-refractivity contribution is 0.161. The summed E-state index contributed by atoms with van der Waals surface area (Å²) >= 11 is 0. The zero-order chi connectivity index (χ0) is 12.1. The van der Waals surface area contributed by atoms with Crippen LogP contribution in [0.3, 0.4) is 0 Å². The first-order valence-electron chi connectivity index (χ1n) is 6.32. The monoisotopic (exact) mass is 224 g/mol. The maximum Gasteiger partial charge on any atom is 0.107 e. The van der Waals surface area contributed by atoms with Crippen molar-refractivity contribution in [3.05, 3.63) is 22.6 Å². The second-order valence-electron chi connectivity index (χ2n) is 4.62. The van der Waals surface area contributed by atoms with Crippen molar-refractivity contribution in [2.45, 2.75) is 65.9 Å². The van der Waals surface area contributed by atoms with Gasteiger partial charge in [-0.2, -0.15) is 0 Å². The molecule has 1 rings (SSSR count). The zero-order valence-corrected chi connectivity index (χ0v) is 11.0. The highest BCUT2D eigenvalue weighted by Gasteiger charge is 2.18. The third-order valence-electron chi connectivity index (χ3n) is 3.28. The van der Waals surface area contributed by atoms with Crippen LogP contribution in [0.2, 0.25) is 0 Å². The molecule has 0 radical (unpaired) electrons. The smallest absolute Gasteiger partial charge is 0.107 e. The Morgan fingerprint density at radius 3 is 2.25 bits per heavy atom. The van der Waals surface area contributed by atoms with Crippen LogP contribution in [0.4, 0.5) is 0 Å². The second kappa shape index (κ2) is 6.09. The second-order valence-corrected chi connectivity index (χ2v) is 4.62. The molecule has 92 valence electrons. The molecule has 0 amide bonds. The first-order valence-corrected chi connectivity index (χ1v) is 6.32. The summed E-state index contributed by atoms with van der Waals surface area (Å²) in [4.78, 5) is 0. The van der Waals surface area contributed by atoms with Gasteiger partial charge in [-0.1, -0.05) is 32.6 Å². The quantitative estimate of drug-likeness (QED) is 0.734. The molecular formula is C14H24O2. The topological polar surface area (TPSA) is 33.4 Å². The molecule has 0 aliphatic rings. The molecule has 0 aromatic carbocycles. The molecule has 0 aliphatic carbocycles. The Hall–Kier alpha value is -0.760. The van der Waals surface area contributed by atoms with Crippen molar-refractivity contribution >= 4 is 0 Å². The van der Waals surface area contributed by atoms with Crippen molar-refractivity contribution in [3.8, 4) is 0 Å². The van der Waals surface area contributed by atoms with Crippen LogP contribution < -0.4 is 0 Å². The summed E-state index contributed by atoms with van der Waals surface area (Å²) in [7, 11) is 0. The highest BCUT2D eigenvalue weighted by molar-refractivity contribution is 5.33. The molecule has 1 N–H and O–H groups in total. The van der Waals surface area contributed by atoms with E-state index in [2.05, 4.69) is 6.92 Å². The van der Waals surface area contributed by atoms with Gasteiger partial charge in [-0.15, -0.1) is 0 Å². The SMILES string of the molecule is CCCCCCC(O)c1c(C)oc(C)c1C. The Morgan fingerprint density at radius 2 is 1.75 bits per heavy atom. The largest absolute Gasteiger partial charge is 0.466 e. The standard InChI is InChI=1S/C14H24O2/c1-5-6-7-8-9-13(15)14-10(2)11(3)16-12(14)4/h13,15H,5-9H2,1-4H3. The van der Waals surface area contributed by atoms with Crippen molar-refractivity contribution in [2.24, 2.45) is 0 Å². The van der Waals surface area contributed by atoms with Gasteiger partial charge in [0.1, 0.15) is 11.5 Å². The minimum absolute atomic E-state index is 0.352. The number of aliphatic hydroxyl groups is 1. The molecule has 0 bridgehead atoms. The van der Waals surface area contributed by atoms with Gasteiger partial charge in [-0.25, -0.2) is 0 Å². The van der Waals surface area contributed by atoms with Crippen LogP contribution >= 0.6 is 0 Å². The number of rotatable bonds is 6. The minimum Gasteiger partial charge on any atom is -0.466 e. The summed E-state index contributed by atoms with van der Waals surface area (Å²) in [5.74, 6) is 1.80. The molecule has 0 fully saturated rings. The number of hydrogen-bond acceptors (Lipinski definition) is 2. The summed E-state index contributed by atoms with van der Waals surface area (Å²) in [5.41, 5.74) is 2.12. The zero-order valence-electron chi connectivity index (χ0n) is 11.0. The average Bonchev–Trinajstić information content (AvgIpc) is 2.48. The number of aryl methyl sites for hydroxylation is 2. The summed E-state index contributed by atoms with van der Waals surface area (Å²) in [6.45, 7) is 8.11. The van der Waals surface area contributed by atoms with Crippen molar-refractivity contribution in [1.29, 1.82) is 0 Å². The molecule has 16 heavy (non-hydrogen) atoms. The summed E-state index contributed by atoms with van der Waals surface area (Å²) in [6, 6.07) is 0. The van der Waals surface area contributed by atoms with Crippen LogP contribution in [0.25, 0.3) is 0 Å². The molecule has 1 atom stereocenters. The van der Waals surface area contributed by atoms with Gasteiger partial charge in [0.25, 0.3) is 0 Å². The average molecular weight is 224 g/mol. The van der Waals surface area contributed by atoms with Crippen LogP contribution in [-0.2, 0) is 0 Å². The lowest BCUT2D eigenvalue weighted by Crippen LogP contribution is -2.00. The lowest BCUT2D eigenvalue weighted by atomic mass is 9.99. The maximum absolute atomic E-state index is 10.1. The minimum atomic E-state index is -0.352. The van der Waals surface area contributed by atoms with Gasteiger partial charge < -0.3 is 9.52 Å². The molecule has 2 heteroatoms. The fraction of sp³-hybridized carbons (Fsp3) is 0.714. The van der Waals surface area contributed by atoms with Crippen LogP contribution in [0.1, 0.15) is 67.8 Å². The Bertz CT molecular complexity index is 326. The van der Waals surface area contributed by atoms with Crippen molar-refractivity contribution < 1.29 is 9.52 Å². The van der Waals surface area contributed by atoms with E-state index in [1.165, 1.54) is 19.3 Å². The van der Waals surface area contributed by atoms with E-state index in [4.69, 9.17) is 4.42 Å². The van der Waals surface area contributed by atoms with E-state index >= 15 is 0 Å². The van der Waals surface area contributed by atoms with Gasteiger partial charge >= 0.3 is 0 Å². The number of furan rings is 1. The van der Waals surface area contributed by atoms with Gasteiger partial charge in [0, 0.05) is 5.56 Å². The summed E-state index contributed by atoms with van der Waals surface area (Å²) < 4.78 is 5.53. The Kier molecular flexibility index (Phi) is 5.07. The molecule has 2 nitrogen and oxygen atoms in total. The molecule has 1 unspecified atom stereocenters. The summed E-state index contributed by atoms with van der Waals surface area (Å²) in [5, 5.41) is 10.1. The van der Waals surface area contributed by atoms with E-state index in [9.17, 15) is 5.11 Å². The first kappa shape index (κ1) is 13.3. The number of unbranched alkanes of at least 4 members (excludes halogenated alkanes) is 3. The first-order chi connectivity index (χ1) is 7.57. The lowest BCUT2D eigenvalue weighted by Gasteiger charge is -2.10. The third kappa shape index (κ3) is 3.11. The predicted molar refractivity (Wildman–Crippen MR) is 66.6 cm³/mol. The number of aliphatic hydroxyl groups excluding tert-OH is 1. The van der Waals surface area contributed by atoms with E-state index in [0.717, 1.165) is 35.5 Å². The van der Waals surface area contributed by atoms with Crippen molar-refractivity contribution in [3.63, 3.8) is 0 Å². The van der Waals surface area contributed by atoms with Crippen LogP contribution in [0.15, 0.2) is 4.42 Å². The van der Waals surface area contributed by atoms with E-state index in [1.54, 1.807) is 0 Å². The predicted octanol–water partition coefficient (Wildman–Crippen LogP) is 4.21. The molecule has 1 heterocycles. The van der Waals surface area contributed by atoms with E-state index in [1.807, 2.05) is 20.8 Å². The van der Waals surface area contributed by atoms with Gasteiger partial charge in [0.05, 0.1) is 6.10 Å². The maximum atomic E-state index is 10.1. The van der Waals surface area contributed by atoms with E-state index in [-0.39, 0.29) is 6.10 Å². The van der Waals surface area contributed by atoms with Gasteiger partial charge in [-0.05, 0) is 32.8 Å². The van der Waals surface area contributed by atoms with Crippen LogP contribution in [-0.4, -0.2) is 5.11 Å². The molecule has 0 aliphatic heterocycles. The van der Waals surface area contributed by atoms with E-state index < -0.39 is 0 Å². The Labute approximate surface area is 98.7 Å². The highest BCUT2D eigenvalue weighted by atomic mass is 16.3. The van der Waals surface area contributed by atoms with Crippen molar-refractivity contribution in [2.75, 3.05) is 0 Å². The fourth-order valence-electron chi connectivity index (χ4n) is 2.21. The molecule has 1 aromatic rings. The summed E-state index contributed by atoms with van der Waals surface area (Å²) in [6.07, 6.45) is 5.30. The number of hydrogen-bond donors (Lipinski definition) is 1. The third-order valence-corrected chi connectivity index (χ3v) is 3.28. The van der Waals surface area contributed by atoms with Gasteiger partial charge in [0.2, 0.25) is 0 Å². The molecule has 0 spiro atoms. The fourth-order valence-corrected chi connectivity index (χ4v) is 2.21. The van der Waals surface area contributed by atoms with Gasteiger partial charge in [0.15, 0.2) is 0 Å².